The quantitative estimate of drug-likeness (QED) is 0.266. The lowest BCUT2D eigenvalue weighted by molar-refractivity contribution is -0.136. The van der Waals surface area contributed by atoms with Gasteiger partial charge in [0.25, 0.3) is 5.91 Å². The SMILES string of the molecule is COc1ccc(-n2c(CN(C(=O)c3c(C)cc(C)cc3C)C(C)C)nc3c(C(F)(F)F)cccc32)c(C)c1. The van der Waals surface area contributed by atoms with E-state index in [0.717, 1.165) is 28.3 Å². The highest BCUT2D eigenvalue weighted by Gasteiger charge is 2.35. The Kier molecular flexibility index (Phi) is 7.28. The lowest BCUT2D eigenvalue weighted by Crippen LogP contribution is -2.38. The number of aromatic nitrogens is 2. The van der Waals surface area contributed by atoms with E-state index in [9.17, 15) is 18.0 Å². The van der Waals surface area contributed by atoms with Gasteiger partial charge in [0.15, 0.2) is 0 Å². The van der Waals surface area contributed by atoms with Crippen LogP contribution >= 0.6 is 0 Å². The normalized spacial score (nSPS) is 11.9. The molecule has 4 aromatic rings. The monoisotopic (exact) mass is 523 g/mol. The molecule has 0 aliphatic heterocycles. The highest BCUT2D eigenvalue weighted by molar-refractivity contribution is 5.97. The second-order valence-electron chi connectivity index (χ2n) is 9.99. The average molecular weight is 524 g/mol. The first-order chi connectivity index (χ1) is 17.8. The zero-order valence-electron chi connectivity index (χ0n) is 22.7. The van der Waals surface area contributed by atoms with Gasteiger partial charge >= 0.3 is 6.18 Å². The molecular formula is C30H32F3N3O2. The van der Waals surface area contributed by atoms with E-state index in [1.165, 1.54) is 6.07 Å². The molecule has 5 nitrogen and oxygen atoms in total. The summed E-state index contributed by atoms with van der Waals surface area (Å²) in [6.45, 7) is 11.5. The van der Waals surface area contributed by atoms with Gasteiger partial charge in [-0.25, -0.2) is 4.98 Å². The van der Waals surface area contributed by atoms with Crippen molar-refractivity contribution in [3.8, 4) is 11.4 Å². The van der Waals surface area contributed by atoms with Crippen molar-refractivity contribution in [2.24, 2.45) is 0 Å². The van der Waals surface area contributed by atoms with Crippen LogP contribution in [-0.2, 0) is 12.7 Å². The summed E-state index contributed by atoms with van der Waals surface area (Å²) in [5.41, 5.74) is 4.21. The van der Waals surface area contributed by atoms with Gasteiger partial charge in [0.2, 0.25) is 0 Å². The van der Waals surface area contributed by atoms with Crippen LogP contribution in [0.2, 0.25) is 0 Å². The van der Waals surface area contributed by atoms with Crippen LogP contribution in [0.5, 0.6) is 5.75 Å². The number of benzene rings is 3. The minimum absolute atomic E-state index is 0.0285. The summed E-state index contributed by atoms with van der Waals surface area (Å²) in [6.07, 6.45) is -4.57. The van der Waals surface area contributed by atoms with E-state index in [4.69, 9.17) is 4.74 Å². The van der Waals surface area contributed by atoms with Gasteiger partial charge in [0.05, 0.1) is 30.4 Å². The zero-order chi connectivity index (χ0) is 27.9. The first kappa shape index (κ1) is 27.2. The fourth-order valence-electron chi connectivity index (χ4n) is 5.06. The Morgan fingerprint density at radius 3 is 2.21 bits per heavy atom. The highest BCUT2D eigenvalue weighted by atomic mass is 19.4. The Balaban J connectivity index is 1.93. The number of hydrogen-bond acceptors (Lipinski definition) is 3. The summed E-state index contributed by atoms with van der Waals surface area (Å²) in [4.78, 5) is 20.1. The van der Waals surface area contributed by atoms with E-state index in [2.05, 4.69) is 4.98 Å². The molecule has 0 fully saturated rings. The number of ether oxygens (including phenoxy) is 1. The Labute approximate surface area is 220 Å². The van der Waals surface area contributed by atoms with Crippen molar-refractivity contribution in [3.63, 3.8) is 0 Å². The fraction of sp³-hybridized carbons (Fsp3) is 0.333. The maximum Gasteiger partial charge on any atom is 0.418 e. The third-order valence-electron chi connectivity index (χ3n) is 6.79. The summed E-state index contributed by atoms with van der Waals surface area (Å²) >= 11 is 0. The molecule has 0 aliphatic rings. The van der Waals surface area contributed by atoms with E-state index < -0.39 is 11.7 Å². The van der Waals surface area contributed by atoms with Crippen molar-refractivity contribution in [2.45, 2.75) is 60.3 Å². The van der Waals surface area contributed by atoms with Crippen molar-refractivity contribution in [1.82, 2.24) is 14.5 Å². The number of hydrogen-bond donors (Lipinski definition) is 0. The summed E-state index contributed by atoms with van der Waals surface area (Å²) in [7, 11) is 1.56. The maximum absolute atomic E-state index is 14.0. The summed E-state index contributed by atoms with van der Waals surface area (Å²) in [5, 5.41) is 0. The molecule has 8 heteroatoms. The van der Waals surface area contributed by atoms with Crippen LogP contribution in [0.15, 0.2) is 48.5 Å². The minimum atomic E-state index is -4.57. The molecule has 1 amide bonds. The number of halogens is 3. The fourth-order valence-corrected chi connectivity index (χ4v) is 5.06. The molecule has 0 saturated carbocycles. The molecule has 0 unspecified atom stereocenters. The molecule has 0 atom stereocenters. The van der Waals surface area contributed by atoms with Crippen molar-refractivity contribution < 1.29 is 22.7 Å². The molecular weight excluding hydrogens is 491 g/mol. The molecule has 0 aliphatic carbocycles. The number of fused-ring (bicyclic) bond motifs is 1. The molecule has 0 spiro atoms. The third kappa shape index (κ3) is 4.99. The zero-order valence-corrected chi connectivity index (χ0v) is 22.7. The van der Waals surface area contributed by atoms with Gasteiger partial charge in [0, 0.05) is 11.6 Å². The molecule has 0 bridgehead atoms. The van der Waals surface area contributed by atoms with Crippen molar-refractivity contribution in [2.75, 3.05) is 7.11 Å². The number of carbonyl (C=O) groups is 1. The van der Waals surface area contributed by atoms with Crippen molar-refractivity contribution >= 4 is 16.9 Å². The van der Waals surface area contributed by atoms with E-state index in [0.29, 0.717) is 28.3 Å². The van der Waals surface area contributed by atoms with Gasteiger partial charge in [-0.05, 0) is 88.6 Å². The summed E-state index contributed by atoms with van der Waals surface area (Å²) in [6, 6.07) is 13.1. The van der Waals surface area contributed by atoms with Crippen LogP contribution in [0.4, 0.5) is 13.2 Å². The topological polar surface area (TPSA) is 47.4 Å². The van der Waals surface area contributed by atoms with Gasteiger partial charge < -0.3 is 9.64 Å². The maximum atomic E-state index is 14.0. The number of methoxy groups -OCH3 is 1. The first-order valence-corrected chi connectivity index (χ1v) is 12.4. The van der Waals surface area contributed by atoms with Gasteiger partial charge in [-0.3, -0.25) is 9.36 Å². The third-order valence-corrected chi connectivity index (χ3v) is 6.79. The molecule has 3 aromatic carbocycles. The Hall–Kier alpha value is -3.81. The number of rotatable bonds is 6. The highest BCUT2D eigenvalue weighted by Crippen LogP contribution is 2.37. The predicted octanol–water partition coefficient (Wildman–Crippen LogP) is 7.34. The van der Waals surface area contributed by atoms with Crippen LogP contribution in [0.3, 0.4) is 0 Å². The number of para-hydroxylation sites is 1. The number of carbonyl (C=O) groups excluding carboxylic acids is 1. The molecule has 0 N–H and O–H groups in total. The lowest BCUT2D eigenvalue weighted by Gasteiger charge is -2.28. The molecule has 1 heterocycles. The second kappa shape index (κ2) is 10.2. The molecule has 0 saturated heterocycles. The molecule has 4 rings (SSSR count). The lowest BCUT2D eigenvalue weighted by atomic mass is 9.98. The first-order valence-electron chi connectivity index (χ1n) is 12.4. The van der Waals surface area contributed by atoms with Crippen LogP contribution in [0.1, 0.15) is 57.8 Å². The number of nitrogens with zero attached hydrogens (tertiary/aromatic N) is 3. The number of amides is 1. The molecule has 1 aromatic heterocycles. The van der Waals surface area contributed by atoms with Crippen LogP contribution in [0.25, 0.3) is 16.7 Å². The standard InChI is InChI=1S/C30H32F3N3O2/c1-17(2)35(29(37)27-20(5)13-18(3)14-21(27)6)16-26-34-28-23(30(31,32)33)9-8-10-25(28)36(26)24-12-11-22(38-7)15-19(24)4/h8-15,17H,16H2,1-7H3. The van der Waals surface area contributed by atoms with E-state index >= 15 is 0 Å². The van der Waals surface area contributed by atoms with Gasteiger partial charge in [-0.15, -0.1) is 0 Å². The van der Waals surface area contributed by atoms with Crippen molar-refractivity contribution in [1.29, 1.82) is 0 Å². The van der Waals surface area contributed by atoms with Gasteiger partial charge in [0.1, 0.15) is 17.1 Å². The second-order valence-corrected chi connectivity index (χ2v) is 9.99. The van der Waals surface area contributed by atoms with Crippen molar-refractivity contribution in [3.05, 3.63) is 87.7 Å². The minimum Gasteiger partial charge on any atom is -0.497 e. The van der Waals surface area contributed by atoms with Gasteiger partial charge in [-0.2, -0.15) is 13.2 Å². The van der Waals surface area contributed by atoms with Gasteiger partial charge in [-0.1, -0.05) is 23.8 Å². The Bertz CT molecular complexity index is 1500. The molecule has 200 valence electrons. The number of imidazole rings is 1. The summed E-state index contributed by atoms with van der Waals surface area (Å²) in [5.74, 6) is 0.794. The average Bonchev–Trinajstić information content (AvgIpc) is 3.18. The molecule has 0 radical (unpaired) electrons. The number of aryl methyl sites for hydroxylation is 4. The smallest absolute Gasteiger partial charge is 0.418 e. The van der Waals surface area contributed by atoms with E-state index in [1.807, 2.05) is 59.7 Å². The van der Waals surface area contributed by atoms with E-state index in [1.54, 1.807) is 34.8 Å². The number of alkyl halides is 3. The Morgan fingerprint density at radius 2 is 1.66 bits per heavy atom. The molecule has 38 heavy (non-hydrogen) atoms. The largest absolute Gasteiger partial charge is 0.497 e. The van der Waals surface area contributed by atoms with E-state index in [-0.39, 0.29) is 24.0 Å². The van der Waals surface area contributed by atoms with Crippen LogP contribution < -0.4 is 4.74 Å². The van der Waals surface area contributed by atoms with Crippen LogP contribution in [-0.4, -0.2) is 33.5 Å². The summed E-state index contributed by atoms with van der Waals surface area (Å²) < 4.78 is 49.0. The van der Waals surface area contributed by atoms with Crippen LogP contribution in [0, 0.1) is 27.7 Å². The predicted molar refractivity (Wildman–Crippen MR) is 143 cm³/mol. The Morgan fingerprint density at radius 1 is 1.00 bits per heavy atom.